The summed E-state index contributed by atoms with van der Waals surface area (Å²) in [6.45, 7) is 4.32. The van der Waals surface area contributed by atoms with E-state index in [0.717, 1.165) is 12.8 Å². The predicted octanol–water partition coefficient (Wildman–Crippen LogP) is 4.89. The molecule has 6 nitrogen and oxygen atoms in total. The van der Waals surface area contributed by atoms with E-state index >= 15 is 0 Å². The van der Waals surface area contributed by atoms with Gasteiger partial charge in [0.1, 0.15) is 18.5 Å². The van der Waals surface area contributed by atoms with Gasteiger partial charge in [0.15, 0.2) is 0 Å². The minimum atomic E-state index is -0.764. The average Bonchev–Trinajstić information content (AvgIpc) is 3.14. The second-order valence-electron chi connectivity index (χ2n) is 7.98. The monoisotopic (exact) mass is 484 g/mol. The van der Waals surface area contributed by atoms with Gasteiger partial charge < -0.3 is 23.8 Å². The van der Waals surface area contributed by atoms with Gasteiger partial charge in [0.2, 0.25) is 0 Å². The van der Waals surface area contributed by atoms with Crippen molar-refractivity contribution < 1.29 is 28.6 Å². The number of carbonyl (C=O) groups is 1. The van der Waals surface area contributed by atoms with E-state index in [2.05, 4.69) is 15.5 Å². The Morgan fingerprint density at radius 1 is 1.34 bits per heavy atom. The quantitative estimate of drug-likeness (QED) is 0.244. The number of carbonyl (C=O) groups excluding carboxylic acids is 1. The van der Waals surface area contributed by atoms with E-state index in [4.69, 9.17) is 30.3 Å². The van der Waals surface area contributed by atoms with Gasteiger partial charge in [-0.15, -0.1) is 0 Å². The summed E-state index contributed by atoms with van der Waals surface area (Å²) in [7, 11) is 2.32. The molecule has 0 bridgehead atoms. The van der Waals surface area contributed by atoms with Crippen LogP contribution < -0.4 is 4.74 Å². The molecule has 3 unspecified atom stereocenters. The van der Waals surface area contributed by atoms with Gasteiger partial charge in [-0.05, 0) is 51.3 Å². The van der Waals surface area contributed by atoms with Gasteiger partial charge in [0.05, 0.1) is 24.9 Å². The molecule has 178 valence electrons. The normalized spacial score (nSPS) is 22.1. The first-order chi connectivity index (χ1) is 15.4. The van der Waals surface area contributed by atoms with Crippen LogP contribution in [0.5, 0.6) is 5.75 Å². The molecule has 0 amide bonds. The fourth-order valence-corrected chi connectivity index (χ4v) is 3.89. The van der Waals surface area contributed by atoms with Crippen molar-refractivity contribution in [3.05, 3.63) is 53.6 Å². The highest BCUT2D eigenvalue weighted by molar-refractivity contribution is 7.09. The van der Waals surface area contributed by atoms with E-state index in [1.807, 2.05) is 26.0 Å². The third kappa shape index (κ3) is 10.0. The summed E-state index contributed by atoms with van der Waals surface area (Å²) in [4.78, 5) is 11.6. The molecule has 0 spiro atoms. The third-order valence-corrected chi connectivity index (χ3v) is 5.57. The predicted molar refractivity (Wildman–Crippen MR) is 129 cm³/mol. The van der Waals surface area contributed by atoms with Crippen LogP contribution in [0.1, 0.15) is 39.5 Å². The molecule has 1 fully saturated rings. The molecule has 0 aromatic heterocycles. The number of esters is 1. The highest BCUT2D eigenvalue weighted by atomic mass is 35.5. The van der Waals surface area contributed by atoms with Gasteiger partial charge in [-0.2, -0.15) is 0 Å². The molecule has 1 aromatic rings. The molecule has 0 aliphatic carbocycles. The molecule has 8 heteroatoms. The van der Waals surface area contributed by atoms with Crippen molar-refractivity contribution in [3.63, 3.8) is 0 Å². The van der Waals surface area contributed by atoms with Crippen molar-refractivity contribution in [2.75, 3.05) is 13.2 Å². The van der Waals surface area contributed by atoms with Crippen LogP contribution in [-0.4, -0.2) is 48.7 Å². The second-order valence-corrected chi connectivity index (χ2v) is 8.69. The summed E-state index contributed by atoms with van der Waals surface area (Å²) in [6.07, 6.45) is 9.43. The van der Waals surface area contributed by atoms with Crippen molar-refractivity contribution in [2.24, 2.45) is 5.92 Å². The van der Waals surface area contributed by atoms with Crippen LogP contribution in [0.15, 0.2) is 48.6 Å². The highest BCUT2D eigenvalue weighted by Gasteiger charge is 2.35. The Hall–Kier alpha value is -1.43. The van der Waals surface area contributed by atoms with Crippen molar-refractivity contribution in [3.8, 4) is 5.75 Å². The molecular weight excluding hydrogens is 451 g/mol. The van der Waals surface area contributed by atoms with E-state index in [-0.39, 0.29) is 36.8 Å². The fourth-order valence-electron chi connectivity index (χ4n) is 3.43. The lowest BCUT2D eigenvalue weighted by atomic mass is 9.93. The number of hydrogen-bond donors (Lipinski definition) is 1. The van der Waals surface area contributed by atoms with Crippen molar-refractivity contribution in [1.82, 2.24) is 0 Å². The number of rotatable bonds is 13. The van der Waals surface area contributed by atoms with E-state index in [9.17, 15) is 9.90 Å². The molecule has 0 radical (unpaired) electrons. The lowest BCUT2D eigenvalue weighted by Gasteiger charge is -2.19. The molecule has 32 heavy (non-hydrogen) atoms. The van der Waals surface area contributed by atoms with Gasteiger partial charge in [-0.25, -0.2) is 0 Å². The lowest BCUT2D eigenvalue weighted by molar-refractivity contribution is -0.147. The Kier molecular flexibility index (Phi) is 12.3. The van der Waals surface area contributed by atoms with Gasteiger partial charge in [-0.3, -0.25) is 4.79 Å². The maximum atomic E-state index is 11.6. The van der Waals surface area contributed by atoms with Crippen molar-refractivity contribution in [2.45, 2.75) is 63.9 Å². The van der Waals surface area contributed by atoms with Gasteiger partial charge >= 0.3 is 5.97 Å². The van der Waals surface area contributed by atoms with Crippen LogP contribution >= 0.6 is 21.1 Å². The molecule has 1 aliphatic heterocycles. The minimum absolute atomic E-state index is 0.0241. The smallest absolute Gasteiger partial charge is 0.306 e. The zero-order valence-electron chi connectivity index (χ0n) is 18.7. The second kappa shape index (κ2) is 14.7. The minimum Gasteiger partial charge on any atom is -0.491 e. The molecule has 1 N–H and O–H groups in total. The number of ether oxygens (including phenoxy) is 3. The molecular formula is C24H34ClO6P. The number of benzene rings is 1. The molecule has 2 rings (SSSR count). The maximum Gasteiger partial charge on any atom is 0.306 e. The maximum absolute atomic E-state index is 11.6. The summed E-state index contributed by atoms with van der Waals surface area (Å²) in [5, 5.41) is 10.8. The lowest BCUT2D eigenvalue weighted by Crippen LogP contribution is -2.24. The summed E-state index contributed by atoms with van der Waals surface area (Å²) < 4.78 is 22.1. The molecule has 1 saturated heterocycles. The first-order valence-corrected chi connectivity index (χ1v) is 11.8. The molecule has 0 saturated carbocycles. The largest absolute Gasteiger partial charge is 0.491 e. The van der Waals surface area contributed by atoms with E-state index in [0.29, 0.717) is 30.2 Å². The number of hydrogen-bond acceptors (Lipinski definition) is 6. The molecule has 5 atom stereocenters. The zero-order valence-corrected chi connectivity index (χ0v) is 20.6. The Labute approximate surface area is 198 Å². The Bertz CT molecular complexity index is 754. The SMILES string of the molecule is CC(C)OC(=O)CC/C=C\CC[C@H]1C(OP)CO[C@@H]1/C=C/C(O)COc1cccc(Cl)c1. The summed E-state index contributed by atoms with van der Waals surface area (Å²) >= 11 is 5.94. The standard InChI is InChI=1S/C24H34ClO6P/c1-17(2)30-24(27)11-6-4-3-5-10-21-22(29-16-23(21)31-32)13-12-19(26)15-28-20-9-7-8-18(25)14-20/h3-4,7-9,12-14,17,19,21-23,26H,5-6,10-11,15-16,32H2,1-2H3/b4-3-,13-12+/t19?,21-,22-,23?/m1/s1. The van der Waals surface area contributed by atoms with Crippen LogP contribution in [-0.2, 0) is 18.8 Å². The molecule has 1 aromatic carbocycles. The first kappa shape index (κ1) is 26.8. The number of halogens is 1. The highest BCUT2D eigenvalue weighted by Crippen LogP contribution is 2.30. The third-order valence-electron chi connectivity index (χ3n) is 4.98. The van der Waals surface area contributed by atoms with Gasteiger partial charge in [0.25, 0.3) is 0 Å². The van der Waals surface area contributed by atoms with E-state index in [1.165, 1.54) is 0 Å². The number of aliphatic hydroxyl groups is 1. The van der Waals surface area contributed by atoms with Crippen LogP contribution in [0.2, 0.25) is 5.02 Å². The first-order valence-electron chi connectivity index (χ1n) is 11.0. The van der Waals surface area contributed by atoms with E-state index in [1.54, 1.807) is 30.3 Å². The van der Waals surface area contributed by atoms with Crippen LogP contribution in [0.3, 0.4) is 0 Å². The molecule has 1 aliphatic rings. The van der Waals surface area contributed by atoms with Crippen LogP contribution in [0.4, 0.5) is 0 Å². The summed E-state index contributed by atoms with van der Waals surface area (Å²) in [5.74, 6) is 0.606. The topological polar surface area (TPSA) is 74.2 Å². The number of allylic oxidation sites excluding steroid dienone is 2. The number of aliphatic hydroxyl groups excluding tert-OH is 1. The van der Waals surface area contributed by atoms with Gasteiger partial charge in [-0.1, -0.05) is 42.0 Å². The van der Waals surface area contributed by atoms with Crippen LogP contribution in [0.25, 0.3) is 0 Å². The Balaban J connectivity index is 1.76. The summed E-state index contributed by atoms with van der Waals surface area (Å²) in [6, 6.07) is 7.06. The van der Waals surface area contributed by atoms with Gasteiger partial charge in [0, 0.05) is 26.8 Å². The van der Waals surface area contributed by atoms with E-state index < -0.39 is 6.10 Å². The van der Waals surface area contributed by atoms with Crippen LogP contribution in [0, 0.1) is 5.92 Å². The van der Waals surface area contributed by atoms with Crippen molar-refractivity contribution >= 4 is 27.0 Å². The molecule has 1 heterocycles. The summed E-state index contributed by atoms with van der Waals surface area (Å²) in [5.41, 5.74) is 0. The average molecular weight is 485 g/mol. The Morgan fingerprint density at radius 3 is 2.84 bits per heavy atom. The van der Waals surface area contributed by atoms with Crippen molar-refractivity contribution in [1.29, 1.82) is 0 Å². The zero-order chi connectivity index (χ0) is 23.3. The Morgan fingerprint density at radius 2 is 2.12 bits per heavy atom. The fraction of sp³-hybridized carbons (Fsp3) is 0.542.